The fraction of sp³-hybridized carbons (Fsp3) is 0.130. The van der Waals surface area contributed by atoms with E-state index >= 15 is 0 Å². The summed E-state index contributed by atoms with van der Waals surface area (Å²) in [6.07, 6.45) is 1.85. The third kappa shape index (κ3) is 4.42. The largest absolute Gasteiger partial charge is 0.489 e. The van der Waals surface area contributed by atoms with Gasteiger partial charge in [-0.3, -0.25) is 10.1 Å². The third-order valence-electron chi connectivity index (χ3n) is 5.00. The molecule has 0 amide bonds. The Balaban J connectivity index is 1.55. The standard InChI is InChI=1S/C23H18Cl2N2O3/c24-21-10-5-15(11-22(21)25)14-30-17-8-6-16(7-9-17)20(13-27(28)29)19-12-26-23-4-2-1-3-18(19)23/h1-12,20,26H,13-14H2/t20-/m1/s1. The lowest BCUT2D eigenvalue weighted by atomic mass is 9.91. The molecule has 0 aliphatic carbocycles. The molecule has 0 aliphatic heterocycles. The van der Waals surface area contributed by atoms with Crippen molar-refractivity contribution in [1.82, 2.24) is 4.98 Å². The Hall–Kier alpha value is -3.02. The number of halogens is 2. The predicted molar refractivity (Wildman–Crippen MR) is 119 cm³/mol. The molecule has 1 heterocycles. The zero-order valence-electron chi connectivity index (χ0n) is 15.8. The van der Waals surface area contributed by atoms with E-state index in [-0.39, 0.29) is 17.4 Å². The number of nitrogens with zero attached hydrogens (tertiary/aromatic N) is 1. The van der Waals surface area contributed by atoms with Crippen molar-refractivity contribution in [2.75, 3.05) is 6.54 Å². The smallest absolute Gasteiger partial charge is 0.214 e. The molecular formula is C23H18Cl2N2O3. The highest BCUT2D eigenvalue weighted by Gasteiger charge is 2.23. The van der Waals surface area contributed by atoms with Crippen LogP contribution in [-0.2, 0) is 6.61 Å². The highest BCUT2D eigenvalue weighted by molar-refractivity contribution is 6.42. The average molecular weight is 441 g/mol. The fourth-order valence-corrected chi connectivity index (χ4v) is 3.83. The maximum Gasteiger partial charge on any atom is 0.214 e. The first kappa shape index (κ1) is 20.3. The van der Waals surface area contributed by atoms with E-state index in [1.54, 1.807) is 12.1 Å². The van der Waals surface area contributed by atoms with Crippen molar-refractivity contribution in [3.05, 3.63) is 110 Å². The number of fused-ring (bicyclic) bond motifs is 1. The molecule has 0 fully saturated rings. The second-order valence-electron chi connectivity index (χ2n) is 6.96. The van der Waals surface area contributed by atoms with E-state index in [0.717, 1.165) is 27.6 Å². The van der Waals surface area contributed by atoms with Crippen molar-refractivity contribution < 1.29 is 9.66 Å². The molecule has 0 radical (unpaired) electrons. The zero-order valence-corrected chi connectivity index (χ0v) is 17.4. The van der Waals surface area contributed by atoms with E-state index < -0.39 is 0 Å². The van der Waals surface area contributed by atoms with Crippen molar-refractivity contribution in [2.45, 2.75) is 12.5 Å². The molecule has 0 saturated carbocycles. The molecule has 30 heavy (non-hydrogen) atoms. The quantitative estimate of drug-likeness (QED) is 0.264. The van der Waals surface area contributed by atoms with Gasteiger partial charge in [0.25, 0.3) is 0 Å². The molecule has 152 valence electrons. The van der Waals surface area contributed by atoms with Gasteiger partial charge in [-0.15, -0.1) is 0 Å². The second-order valence-corrected chi connectivity index (χ2v) is 7.78. The minimum absolute atomic E-state index is 0.189. The Kier molecular flexibility index (Phi) is 5.93. The number of nitrogens with one attached hydrogen (secondary N) is 1. The van der Waals surface area contributed by atoms with Crippen LogP contribution >= 0.6 is 23.2 Å². The Morgan fingerprint density at radius 2 is 1.77 bits per heavy atom. The molecule has 3 aromatic carbocycles. The lowest BCUT2D eigenvalue weighted by Gasteiger charge is -2.14. The maximum atomic E-state index is 11.3. The van der Waals surface area contributed by atoms with Crippen LogP contribution in [-0.4, -0.2) is 16.5 Å². The van der Waals surface area contributed by atoms with Crippen LogP contribution < -0.4 is 4.74 Å². The van der Waals surface area contributed by atoms with E-state index in [2.05, 4.69) is 4.98 Å². The minimum Gasteiger partial charge on any atom is -0.489 e. The lowest BCUT2D eigenvalue weighted by molar-refractivity contribution is -0.481. The number of nitro groups is 1. The summed E-state index contributed by atoms with van der Waals surface area (Å²) in [5, 5.41) is 13.3. The SMILES string of the molecule is O=[N+]([O-])C[C@H](c1ccc(OCc2ccc(Cl)c(Cl)c2)cc1)c1c[nH]c2ccccc12. The van der Waals surface area contributed by atoms with E-state index in [4.69, 9.17) is 27.9 Å². The number of hydrogen-bond donors (Lipinski definition) is 1. The van der Waals surface area contributed by atoms with E-state index in [1.165, 1.54) is 0 Å². The predicted octanol–water partition coefficient (Wildman–Crippen LogP) is 6.46. The molecule has 7 heteroatoms. The van der Waals surface area contributed by atoms with Crippen LogP contribution in [0.25, 0.3) is 10.9 Å². The van der Waals surface area contributed by atoms with Gasteiger partial charge < -0.3 is 9.72 Å². The van der Waals surface area contributed by atoms with Gasteiger partial charge in [-0.25, -0.2) is 0 Å². The van der Waals surface area contributed by atoms with Gasteiger partial charge >= 0.3 is 0 Å². The summed E-state index contributed by atoms with van der Waals surface area (Å²) in [6, 6.07) is 20.6. The summed E-state index contributed by atoms with van der Waals surface area (Å²) in [5.74, 6) is 0.309. The zero-order chi connectivity index (χ0) is 21.1. The Bertz CT molecular complexity index is 1190. The van der Waals surface area contributed by atoms with Crippen LogP contribution in [0.4, 0.5) is 0 Å². The molecule has 1 N–H and O–H groups in total. The molecule has 0 unspecified atom stereocenters. The summed E-state index contributed by atoms with van der Waals surface area (Å²) in [6.45, 7) is 0.155. The number of rotatable bonds is 7. The number of ether oxygens (including phenoxy) is 1. The Labute approximate surface area is 183 Å². The average Bonchev–Trinajstić information content (AvgIpc) is 3.17. The summed E-state index contributed by atoms with van der Waals surface area (Å²) >= 11 is 12.0. The summed E-state index contributed by atoms with van der Waals surface area (Å²) in [5.41, 5.74) is 3.63. The molecule has 1 atom stereocenters. The first-order chi connectivity index (χ1) is 14.5. The summed E-state index contributed by atoms with van der Waals surface area (Å²) < 4.78 is 5.82. The van der Waals surface area contributed by atoms with Crippen LogP contribution in [0.5, 0.6) is 5.75 Å². The highest BCUT2D eigenvalue weighted by Crippen LogP contribution is 2.32. The van der Waals surface area contributed by atoms with Crippen LogP contribution in [0.3, 0.4) is 0 Å². The van der Waals surface area contributed by atoms with Gasteiger partial charge in [0, 0.05) is 22.0 Å². The maximum absolute atomic E-state index is 11.3. The van der Waals surface area contributed by atoms with Gasteiger partial charge in [0.05, 0.1) is 16.0 Å². The van der Waals surface area contributed by atoms with Gasteiger partial charge in [0.15, 0.2) is 0 Å². The Morgan fingerprint density at radius 1 is 1.00 bits per heavy atom. The molecular weight excluding hydrogens is 423 g/mol. The number of hydrogen-bond acceptors (Lipinski definition) is 3. The second kappa shape index (κ2) is 8.78. The van der Waals surface area contributed by atoms with E-state index in [0.29, 0.717) is 22.4 Å². The minimum atomic E-state index is -0.361. The van der Waals surface area contributed by atoms with Crippen molar-refractivity contribution >= 4 is 34.1 Å². The molecule has 0 spiro atoms. The molecule has 0 bridgehead atoms. The lowest BCUT2D eigenvalue weighted by Crippen LogP contribution is -2.13. The van der Waals surface area contributed by atoms with Crippen molar-refractivity contribution in [2.24, 2.45) is 0 Å². The van der Waals surface area contributed by atoms with Crippen molar-refractivity contribution in [3.8, 4) is 5.75 Å². The number of aromatic nitrogens is 1. The molecule has 5 nitrogen and oxygen atoms in total. The molecule has 4 aromatic rings. The van der Waals surface area contributed by atoms with Gasteiger partial charge in [0.1, 0.15) is 12.4 Å². The van der Waals surface area contributed by atoms with Crippen molar-refractivity contribution in [1.29, 1.82) is 0 Å². The van der Waals surface area contributed by atoms with Crippen LogP contribution in [0.15, 0.2) is 72.9 Å². The van der Waals surface area contributed by atoms with Gasteiger partial charge in [-0.05, 0) is 47.0 Å². The summed E-state index contributed by atoms with van der Waals surface area (Å²) in [7, 11) is 0. The third-order valence-corrected chi connectivity index (χ3v) is 5.74. The molecule has 0 saturated heterocycles. The topological polar surface area (TPSA) is 68.2 Å². The number of para-hydroxylation sites is 1. The van der Waals surface area contributed by atoms with Crippen LogP contribution in [0.2, 0.25) is 10.0 Å². The van der Waals surface area contributed by atoms with E-state index in [1.807, 2.05) is 60.8 Å². The van der Waals surface area contributed by atoms with Gasteiger partial charge in [0.2, 0.25) is 6.54 Å². The first-order valence-electron chi connectivity index (χ1n) is 9.36. The van der Waals surface area contributed by atoms with Gasteiger partial charge in [-0.1, -0.05) is 59.6 Å². The number of benzene rings is 3. The monoisotopic (exact) mass is 440 g/mol. The molecule has 4 rings (SSSR count). The van der Waals surface area contributed by atoms with Crippen LogP contribution in [0.1, 0.15) is 22.6 Å². The highest BCUT2D eigenvalue weighted by atomic mass is 35.5. The number of aromatic amines is 1. The normalized spacial score (nSPS) is 12.1. The van der Waals surface area contributed by atoms with Crippen molar-refractivity contribution in [3.63, 3.8) is 0 Å². The fourth-order valence-electron chi connectivity index (χ4n) is 3.51. The van der Waals surface area contributed by atoms with Gasteiger partial charge in [-0.2, -0.15) is 0 Å². The summed E-state index contributed by atoms with van der Waals surface area (Å²) in [4.78, 5) is 14.3. The first-order valence-corrected chi connectivity index (χ1v) is 10.1. The Morgan fingerprint density at radius 3 is 2.50 bits per heavy atom. The molecule has 0 aliphatic rings. The van der Waals surface area contributed by atoms with Crippen LogP contribution in [0, 0.1) is 10.1 Å². The molecule has 1 aromatic heterocycles. The number of H-pyrrole nitrogens is 1. The van der Waals surface area contributed by atoms with E-state index in [9.17, 15) is 10.1 Å².